The van der Waals surface area contributed by atoms with Crippen molar-refractivity contribution in [2.75, 3.05) is 26.3 Å². The molecule has 1 saturated heterocycles. The van der Waals surface area contributed by atoms with Gasteiger partial charge in [-0.2, -0.15) is 0 Å². The maximum Gasteiger partial charge on any atom is 0.409 e. The number of rotatable bonds is 6. The third kappa shape index (κ3) is 5.80. The second kappa shape index (κ2) is 9.64. The molecule has 136 valence electrons. The number of likely N-dealkylation sites (tertiary alicyclic amines) is 1. The fourth-order valence-corrected chi connectivity index (χ4v) is 3.52. The standard InChI is InChI=1S/C18H29NO5/c1-2-23-17(21)12-16(20)15-8-10-19(11-9-15)18(22)24-13-14-6-4-3-5-7-14/h14-15H,2-13H2,1H3. The predicted molar refractivity (Wildman–Crippen MR) is 88.5 cm³/mol. The molecule has 0 radical (unpaired) electrons. The van der Waals surface area contributed by atoms with Gasteiger partial charge in [0.1, 0.15) is 12.2 Å². The Bertz CT molecular complexity index is 437. The Kier molecular flexibility index (Phi) is 7.53. The topological polar surface area (TPSA) is 72.9 Å². The van der Waals surface area contributed by atoms with E-state index in [9.17, 15) is 14.4 Å². The van der Waals surface area contributed by atoms with Crippen molar-refractivity contribution in [1.29, 1.82) is 0 Å². The summed E-state index contributed by atoms with van der Waals surface area (Å²) >= 11 is 0. The quantitative estimate of drug-likeness (QED) is 0.549. The van der Waals surface area contributed by atoms with Crippen LogP contribution < -0.4 is 0 Å². The zero-order valence-electron chi connectivity index (χ0n) is 14.6. The SMILES string of the molecule is CCOC(=O)CC(=O)C1CCN(C(=O)OCC2CCCCC2)CC1. The minimum absolute atomic E-state index is 0.0799. The van der Waals surface area contributed by atoms with Gasteiger partial charge < -0.3 is 14.4 Å². The molecular formula is C18H29NO5. The largest absolute Gasteiger partial charge is 0.466 e. The number of ether oxygens (including phenoxy) is 2. The molecule has 6 nitrogen and oxygen atoms in total. The van der Waals surface area contributed by atoms with E-state index in [4.69, 9.17) is 9.47 Å². The van der Waals surface area contributed by atoms with Crippen LogP contribution in [-0.4, -0.2) is 49.0 Å². The average Bonchev–Trinajstić information content (AvgIpc) is 2.61. The number of amides is 1. The number of esters is 1. The van der Waals surface area contributed by atoms with Gasteiger partial charge in [0.15, 0.2) is 0 Å². The van der Waals surface area contributed by atoms with Gasteiger partial charge in [0.2, 0.25) is 0 Å². The van der Waals surface area contributed by atoms with Crippen molar-refractivity contribution >= 4 is 17.8 Å². The third-order valence-electron chi connectivity index (χ3n) is 5.00. The Morgan fingerprint density at radius 1 is 0.958 bits per heavy atom. The number of hydrogen-bond acceptors (Lipinski definition) is 5. The first kappa shape index (κ1) is 18.7. The molecule has 0 unspecified atom stereocenters. The molecule has 0 spiro atoms. The van der Waals surface area contributed by atoms with E-state index in [2.05, 4.69) is 0 Å². The van der Waals surface area contributed by atoms with E-state index >= 15 is 0 Å². The van der Waals surface area contributed by atoms with Gasteiger partial charge in [-0.15, -0.1) is 0 Å². The molecule has 1 aliphatic carbocycles. The van der Waals surface area contributed by atoms with Gasteiger partial charge in [0, 0.05) is 19.0 Å². The number of carbonyl (C=O) groups excluding carboxylic acids is 3. The first-order valence-electron chi connectivity index (χ1n) is 9.20. The summed E-state index contributed by atoms with van der Waals surface area (Å²) in [5.74, 6) is -0.191. The Labute approximate surface area is 143 Å². The molecule has 2 rings (SSSR count). The molecule has 1 amide bonds. The van der Waals surface area contributed by atoms with E-state index in [1.54, 1.807) is 11.8 Å². The number of Topliss-reactive ketones (excluding diaryl/α,β-unsaturated/α-hetero) is 1. The predicted octanol–water partition coefficient (Wildman–Crippen LogP) is 2.94. The van der Waals surface area contributed by atoms with Gasteiger partial charge >= 0.3 is 12.1 Å². The van der Waals surface area contributed by atoms with Crippen LogP contribution in [0.25, 0.3) is 0 Å². The third-order valence-corrected chi connectivity index (χ3v) is 5.00. The summed E-state index contributed by atoms with van der Waals surface area (Å²) in [6.07, 6.45) is 6.81. The second-order valence-electron chi connectivity index (χ2n) is 6.79. The van der Waals surface area contributed by atoms with Crippen LogP contribution >= 0.6 is 0 Å². The molecule has 0 aromatic carbocycles. The molecule has 1 aliphatic heterocycles. The summed E-state index contributed by atoms with van der Waals surface area (Å²) in [4.78, 5) is 37.2. The molecule has 0 bridgehead atoms. The summed E-state index contributed by atoms with van der Waals surface area (Å²) in [7, 11) is 0. The van der Waals surface area contributed by atoms with Crippen LogP contribution in [0.15, 0.2) is 0 Å². The normalized spacial score (nSPS) is 19.8. The van der Waals surface area contributed by atoms with Crippen molar-refractivity contribution in [3.8, 4) is 0 Å². The molecule has 24 heavy (non-hydrogen) atoms. The van der Waals surface area contributed by atoms with Crippen LogP contribution in [0, 0.1) is 11.8 Å². The first-order chi connectivity index (χ1) is 11.6. The maximum atomic E-state index is 12.1. The van der Waals surface area contributed by atoms with E-state index in [0.29, 0.717) is 38.5 Å². The molecule has 0 N–H and O–H groups in total. The fourth-order valence-electron chi connectivity index (χ4n) is 3.52. The Morgan fingerprint density at radius 3 is 2.25 bits per heavy atom. The molecule has 6 heteroatoms. The number of hydrogen-bond donors (Lipinski definition) is 0. The lowest BCUT2D eigenvalue weighted by Gasteiger charge is -2.31. The molecule has 1 heterocycles. The van der Waals surface area contributed by atoms with Crippen molar-refractivity contribution in [1.82, 2.24) is 4.90 Å². The number of ketones is 1. The lowest BCUT2D eigenvalue weighted by Crippen LogP contribution is -2.41. The molecule has 0 aromatic heterocycles. The number of nitrogens with zero attached hydrogens (tertiary/aromatic N) is 1. The van der Waals surface area contributed by atoms with Crippen LogP contribution in [-0.2, 0) is 19.1 Å². The zero-order valence-corrected chi connectivity index (χ0v) is 14.6. The average molecular weight is 339 g/mol. The van der Waals surface area contributed by atoms with E-state index in [0.717, 1.165) is 12.8 Å². The minimum Gasteiger partial charge on any atom is -0.466 e. The van der Waals surface area contributed by atoms with Gasteiger partial charge in [-0.05, 0) is 38.5 Å². The number of carbonyl (C=O) groups is 3. The molecule has 0 atom stereocenters. The van der Waals surface area contributed by atoms with E-state index in [1.165, 1.54) is 19.3 Å². The van der Waals surface area contributed by atoms with E-state index < -0.39 is 5.97 Å². The lowest BCUT2D eigenvalue weighted by molar-refractivity contribution is -0.146. The van der Waals surface area contributed by atoms with Crippen molar-refractivity contribution in [3.05, 3.63) is 0 Å². The summed E-state index contributed by atoms with van der Waals surface area (Å²) < 4.78 is 10.2. The highest BCUT2D eigenvalue weighted by Crippen LogP contribution is 2.24. The van der Waals surface area contributed by atoms with Crippen molar-refractivity contribution in [2.24, 2.45) is 11.8 Å². The van der Waals surface area contributed by atoms with E-state index in [-0.39, 0.29) is 30.8 Å². The summed E-state index contributed by atoms with van der Waals surface area (Å²) in [5, 5.41) is 0. The maximum absolute atomic E-state index is 12.1. The monoisotopic (exact) mass is 339 g/mol. The van der Waals surface area contributed by atoms with Gasteiger partial charge in [-0.25, -0.2) is 4.79 Å². The Hall–Kier alpha value is -1.59. The lowest BCUT2D eigenvalue weighted by atomic mass is 9.90. The van der Waals surface area contributed by atoms with Crippen molar-refractivity contribution in [2.45, 2.75) is 58.3 Å². The van der Waals surface area contributed by atoms with Crippen LogP contribution in [0.2, 0.25) is 0 Å². The van der Waals surface area contributed by atoms with Gasteiger partial charge in [-0.3, -0.25) is 9.59 Å². The van der Waals surface area contributed by atoms with Crippen LogP contribution in [0.5, 0.6) is 0 Å². The molecule has 2 fully saturated rings. The fraction of sp³-hybridized carbons (Fsp3) is 0.833. The van der Waals surface area contributed by atoms with Crippen LogP contribution in [0.3, 0.4) is 0 Å². The molecular weight excluding hydrogens is 310 g/mol. The van der Waals surface area contributed by atoms with Gasteiger partial charge in [0.05, 0.1) is 13.2 Å². The molecule has 0 aromatic rings. The summed E-state index contributed by atoms with van der Waals surface area (Å²) in [6, 6.07) is 0. The highest BCUT2D eigenvalue weighted by atomic mass is 16.6. The summed E-state index contributed by atoms with van der Waals surface area (Å²) in [6.45, 7) is 3.56. The van der Waals surface area contributed by atoms with Crippen molar-refractivity contribution < 1.29 is 23.9 Å². The van der Waals surface area contributed by atoms with E-state index in [1.807, 2.05) is 0 Å². The van der Waals surface area contributed by atoms with Crippen molar-refractivity contribution in [3.63, 3.8) is 0 Å². The highest BCUT2D eigenvalue weighted by molar-refractivity contribution is 5.96. The Balaban J connectivity index is 1.66. The van der Waals surface area contributed by atoms with Crippen LogP contribution in [0.4, 0.5) is 4.79 Å². The molecule has 1 saturated carbocycles. The first-order valence-corrected chi connectivity index (χ1v) is 9.20. The van der Waals surface area contributed by atoms with Gasteiger partial charge in [-0.1, -0.05) is 19.3 Å². The smallest absolute Gasteiger partial charge is 0.409 e. The summed E-state index contributed by atoms with van der Waals surface area (Å²) in [5.41, 5.74) is 0. The van der Waals surface area contributed by atoms with Gasteiger partial charge in [0.25, 0.3) is 0 Å². The van der Waals surface area contributed by atoms with Crippen LogP contribution in [0.1, 0.15) is 58.3 Å². The minimum atomic E-state index is -0.461. The molecule has 2 aliphatic rings. The number of piperidine rings is 1. The Morgan fingerprint density at radius 2 is 1.62 bits per heavy atom. The highest BCUT2D eigenvalue weighted by Gasteiger charge is 2.29. The zero-order chi connectivity index (χ0) is 17.4. The second-order valence-corrected chi connectivity index (χ2v) is 6.79.